The van der Waals surface area contributed by atoms with Gasteiger partial charge in [0.05, 0.1) is 11.1 Å². The second kappa shape index (κ2) is 5.07. The van der Waals surface area contributed by atoms with E-state index in [-0.39, 0.29) is 29.4 Å². The summed E-state index contributed by atoms with van der Waals surface area (Å²) >= 11 is 0. The van der Waals surface area contributed by atoms with Gasteiger partial charge in [0, 0.05) is 24.5 Å². The summed E-state index contributed by atoms with van der Waals surface area (Å²) in [6, 6.07) is 7.08. The van der Waals surface area contributed by atoms with Crippen molar-refractivity contribution in [3.8, 4) is 0 Å². The minimum Gasteiger partial charge on any atom is -0.444 e. The molecule has 132 valence electrons. The van der Waals surface area contributed by atoms with Gasteiger partial charge in [0.2, 0.25) is 0 Å². The number of ether oxygens (including phenoxy) is 1. The molecule has 2 bridgehead atoms. The molecule has 4 aliphatic rings. The molecule has 0 atom stereocenters. The SMILES string of the molecule is CC(C)(C)OC(=O)N1CC2(CN3C(=O)c4ccccc4C3=O)CC1C2. The zero-order chi connectivity index (χ0) is 18.0. The van der Waals surface area contributed by atoms with Crippen LogP contribution in [-0.2, 0) is 4.74 Å². The molecule has 1 aliphatic carbocycles. The Hall–Kier alpha value is -2.37. The Bertz CT molecular complexity index is 739. The zero-order valence-electron chi connectivity index (χ0n) is 14.7. The van der Waals surface area contributed by atoms with Crippen LogP contribution in [0.4, 0.5) is 4.79 Å². The fraction of sp³-hybridized carbons (Fsp3) is 0.526. The largest absolute Gasteiger partial charge is 0.444 e. The molecule has 0 N–H and O–H groups in total. The highest BCUT2D eigenvalue weighted by atomic mass is 16.6. The molecule has 5 rings (SSSR count). The summed E-state index contributed by atoms with van der Waals surface area (Å²) in [6.45, 7) is 6.45. The number of amides is 3. The molecule has 1 saturated carbocycles. The Kier molecular flexibility index (Phi) is 3.27. The maximum Gasteiger partial charge on any atom is 0.410 e. The van der Waals surface area contributed by atoms with Crippen LogP contribution >= 0.6 is 0 Å². The fourth-order valence-corrected chi connectivity index (χ4v) is 4.21. The molecule has 6 nitrogen and oxygen atoms in total. The lowest BCUT2D eigenvalue weighted by molar-refractivity contribution is 0.0239. The van der Waals surface area contributed by atoms with Gasteiger partial charge in [-0.2, -0.15) is 0 Å². The lowest BCUT2D eigenvalue weighted by Gasteiger charge is -2.38. The Balaban J connectivity index is 1.47. The lowest BCUT2D eigenvalue weighted by atomic mass is 9.70. The van der Waals surface area contributed by atoms with E-state index in [1.165, 1.54) is 4.90 Å². The van der Waals surface area contributed by atoms with Gasteiger partial charge in [-0.1, -0.05) is 12.1 Å². The second-order valence-electron chi connectivity index (χ2n) is 8.41. The van der Waals surface area contributed by atoms with Crippen molar-refractivity contribution in [2.24, 2.45) is 5.41 Å². The van der Waals surface area contributed by atoms with Crippen LogP contribution in [0.15, 0.2) is 24.3 Å². The van der Waals surface area contributed by atoms with Gasteiger partial charge in [-0.3, -0.25) is 14.5 Å². The number of rotatable bonds is 2. The van der Waals surface area contributed by atoms with E-state index in [1.54, 1.807) is 29.2 Å². The predicted octanol–water partition coefficient (Wildman–Crippen LogP) is 2.68. The number of fused-ring (bicyclic) bond motifs is 2. The van der Waals surface area contributed by atoms with Crippen molar-refractivity contribution >= 4 is 17.9 Å². The number of benzene rings is 1. The topological polar surface area (TPSA) is 66.9 Å². The molecule has 3 aliphatic heterocycles. The number of carbonyl (C=O) groups is 3. The summed E-state index contributed by atoms with van der Waals surface area (Å²) < 4.78 is 5.47. The van der Waals surface area contributed by atoms with Crippen LogP contribution in [-0.4, -0.2) is 52.4 Å². The van der Waals surface area contributed by atoms with E-state index in [1.807, 2.05) is 20.8 Å². The van der Waals surface area contributed by atoms with E-state index in [0.717, 1.165) is 12.8 Å². The van der Waals surface area contributed by atoms with Crippen molar-refractivity contribution in [2.45, 2.75) is 45.3 Å². The quantitative estimate of drug-likeness (QED) is 0.775. The Labute approximate surface area is 146 Å². The molecule has 3 heterocycles. The van der Waals surface area contributed by atoms with Crippen molar-refractivity contribution in [1.82, 2.24) is 9.80 Å². The maximum absolute atomic E-state index is 12.6. The Morgan fingerprint density at radius 2 is 1.72 bits per heavy atom. The van der Waals surface area contributed by atoms with Gasteiger partial charge in [0.15, 0.2) is 0 Å². The number of imide groups is 1. The molecule has 25 heavy (non-hydrogen) atoms. The van der Waals surface area contributed by atoms with Crippen LogP contribution in [0.3, 0.4) is 0 Å². The highest BCUT2D eigenvalue weighted by Crippen LogP contribution is 2.53. The molecular formula is C19H22N2O4. The number of hydrogen-bond acceptors (Lipinski definition) is 4. The van der Waals surface area contributed by atoms with Crippen LogP contribution in [0.1, 0.15) is 54.3 Å². The number of carbonyl (C=O) groups excluding carboxylic acids is 3. The average Bonchev–Trinajstić information content (AvgIpc) is 3.11. The molecule has 3 amide bonds. The van der Waals surface area contributed by atoms with Crippen molar-refractivity contribution in [3.63, 3.8) is 0 Å². The van der Waals surface area contributed by atoms with E-state index >= 15 is 0 Å². The van der Waals surface area contributed by atoms with Crippen LogP contribution in [0.25, 0.3) is 0 Å². The summed E-state index contributed by atoms with van der Waals surface area (Å²) in [5.41, 5.74) is 0.234. The zero-order valence-corrected chi connectivity index (χ0v) is 14.7. The van der Waals surface area contributed by atoms with Crippen molar-refractivity contribution in [2.75, 3.05) is 13.1 Å². The number of nitrogens with zero attached hydrogens (tertiary/aromatic N) is 2. The monoisotopic (exact) mass is 342 g/mol. The Morgan fingerprint density at radius 1 is 1.16 bits per heavy atom. The summed E-state index contributed by atoms with van der Waals surface area (Å²) in [5.74, 6) is -0.455. The first-order valence-electron chi connectivity index (χ1n) is 8.64. The van der Waals surface area contributed by atoms with Crippen LogP contribution in [0, 0.1) is 5.41 Å². The molecule has 2 saturated heterocycles. The van der Waals surface area contributed by atoms with E-state index in [2.05, 4.69) is 0 Å². The lowest BCUT2D eigenvalue weighted by Crippen LogP contribution is -2.46. The first-order valence-corrected chi connectivity index (χ1v) is 8.64. The molecule has 1 aromatic carbocycles. The van der Waals surface area contributed by atoms with E-state index in [9.17, 15) is 14.4 Å². The van der Waals surface area contributed by atoms with Crippen LogP contribution in [0.5, 0.6) is 0 Å². The fourth-order valence-electron chi connectivity index (χ4n) is 4.21. The van der Waals surface area contributed by atoms with Gasteiger partial charge in [-0.05, 0) is 45.7 Å². The van der Waals surface area contributed by atoms with Crippen LogP contribution in [0.2, 0.25) is 0 Å². The predicted molar refractivity (Wildman–Crippen MR) is 90.2 cm³/mol. The highest BCUT2D eigenvalue weighted by Gasteiger charge is 2.59. The summed E-state index contributed by atoms with van der Waals surface area (Å²) in [5, 5.41) is 0. The first kappa shape index (κ1) is 16.1. The van der Waals surface area contributed by atoms with Crippen LogP contribution < -0.4 is 0 Å². The van der Waals surface area contributed by atoms with Gasteiger partial charge in [-0.25, -0.2) is 4.79 Å². The average molecular weight is 342 g/mol. The van der Waals surface area contributed by atoms with E-state index in [4.69, 9.17) is 4.74 Å². The molecule has 1 aromatic rings. The molecular weight excluding hydrogens is 320 g/mol. The minimum atomic E-state index is -0.528. The van der Waals surface area contributed by atoms with Gasteiger partial charge < -0.3 is 9.64 Å². The summed E-state index contributed by atoms with van der Waals surface area (Å²) in [4.78, 5) is 40.6. The van der Waals surface area contributed by atoms with Gasteiger partial charge in [0.25, 0.3) is 11.8 Å². The normalized spacial score (nSPS) is 27.4. The highest BCUT2D eigenvalue weighted by molar-refractivity contribution is 6.21. The second-order valence-corrected chi connectivity index (χ2v) is 8.41. The Morgan fingerprint density at radius 3 is 2.24 bits per heavy atom. The van der Waals surface area contributed by atoms with E-state index in [0.29, 0.717) is 24.2 Å². The summed E-state index contributed by atoms with van der Waals surface area (Å²) in [7, 11) is 0. The van der Waals surface area contributed by atoms with E-state index < -0.39 is 5.60 Å². The number of hydrogen-bond donors (Lipinski definition) is 0. The van der Waals surface area contributed by atoms with Gasteiger partial charge in [0.1, 0.15) is 5.60 Å². The van der Waals surface area contributed by atoms with Crippen molar-refractivity contribution in [1.29, 1.82) is 0 Å². The standard InChI is InChI=1S/C19H22N2O4/c1-18(2,3)25-17(24)20-10-19(8-12(20)9-19)11-21-15(22)13-6-4-5-7-14(13)16(21)23/h4-7,12H,8-11H2,1-3H3. The molecule has 0 unspecified atom stereocenters. The maximum atomic E-state index is 12.6. The van der Waals surface area contributed by atoms with Gasteiger partial charge >= 0.3 is 6.09 Å². The third kappa shape index (κ3) is 2.51. The molecule has 0 radical (unpaired) electrons. The first-order chi connectivity index (χ1) is 11.7. The summed E-state index contributed by atoms with van der Waals surface area (Å²) in [6.07, 6.45) is 1.33. The molecule has 0 spiro atoms. The van der Waals surface area contributed by atoms with Gasteiger partial charge in [-0.15, -0.1) is 0 Å². The molecule has 6 heteroatoms. The minimum absolute atomic E-state index is 0.157. The molecule has 0 aromatic heterocycles. The van der Waals surface area contributed by atoms with Crippen molar-refractivity contribution < 1.29 is 19.1 Å². The third-order valence-electron chi connectivity index (χ3n) is 5.28. The smallest absolute Gasteiger partial charge is 0.410 e. The third-order valence-corrected chi connectivity index (χ3v) is 5.28. The molecule has 3 fully saturated rings. The van der Waals surface area contributed by atoms with Crippen molar-refractivity contribution in [3.05, 3.63) is 35.4 Å².